The molecule has 3 rings (SSSR count). The lowest BCUT2D eigenvalue weighted by atomic mass is 9.73. The molecule has 1 amide bonds. The van der Waals surface area contributed by atoms with Crippen LogP contribution in [-0.2, 0) is 4.79 Å². The van der Waals surface area contributed by atoms with Crippen LogP contribution in [0.4, 0.5) is 0 Å². The Bertz CT molecular complexity index is 184. The maximum atomic E-state index is 11.0. The molecule has 0 unspecified atom stereocenters. The molecule has 2 aliphatic heterocycles. The van der Waals surface area contributed by atoms with Gasteiger partial charge in [0.05, 0.1) is 0 Å². The molecule has 3 aliphatic rings. The van der Waals surface area contributed by atoms with Gasteiger partial charge < -0.3 is 5.73 Å². The van der Waals surface area contributed by atoms with Gasteiger partial charge in [0.2, 0.25) is 5.91 Å². The van der Waals surface area contributed by atoms with Crippen molar-refractivity contribution in [2.75, 3.05) is 13.6 Å². The van der Waals surface area contributed by atoms with Crippen molar-refractivity contribution in [3.8, 4) is 0 Å². The van der Waals surface area contributed by atoms with Gasteiger partial charge in [0.1, 0.15) is 5.54 Å². The standard InChI is InChI=1S/C7H12N2O/c1-9-4-5-2-7(9,3-5)6(8)10/h5H,2-4H2,1H3,(H2,8,10). The van der Waals surface area contributed by atoms with E-state index >= 15 is 0 Å². The Balaban J connectivity index is 2.25. The molecule has 0 aromatic carbocycles. The van der Waals surface area contributed by atoms with Gasteiger partial charge in [0, 0.05) is 6.54 Å². The van der Waals surface area contributed by atoms with E-state index in [1.165, 1.54) is 0 Å². The molecule has 10 heavy (non-hydrogen) atoms. The molecule has 0 aromatic rings. The lowest BCUT2D eigenvalue weighted by molar-refractivity contribution is -0.130. The van der Waals surface area contributed by atoms with E-state index in [0.29, 0.717) is 0 Å². The number of nitrogens with two attached hydrogens (primary N) is 1. The number of hydrogen-bond donors (Lipinski definition) is 1. The van der Waals surface area contributed by atoms with E-state index in [-0.39, 0.29) is 11.4 Å². The third kappa shape index (κ3) is 0.475. The van der Waals surface area contributed by atoms with Gasteiger partial charge in [-0.2, -0.15) is 0 Å². The molecule has 2 heterocycles. The second-order valence-corrected chi connectivity index (χ2v) is 3.55. The SMILES string of the molecule is CN1CC2CC1(C(N)=O)C2. The van der Waals surface area contributed by atoms with Gasteiger partial charge in [-0.1, -0.05) is 0 Å². The molecule has 1 saturated carbocycles. The van der Waals surface area contributed by atoms with Crippen molar-refractivity contribution in [3.63, 3.8) is 0 Å². The summed E-state index contributed by atoms with van der Waals surface area (Å²) in [5, 5.41) is 0. The van der Waals surface area contributed by atoms with Crippen molar-refractivity contribution in [3.05, 3.63) is 0 Å². The topological polar surface area (TPSA) is 46.3 Å². The highest BCUT2D eigenvalue weighted by Gasteiger charge is 2.58. The first-order chi connectivity index (χ1) is 4.65. The quantitative estimate of drug-likeness (QED) is 0.537. The fraction of sp³-hybridized carbons (Fsp3) is 0.857. The number of rotatable bonds is 1. The lowest BCUT2D eigenvalue weighted by Gasteiger charge is -2.37. The average Bonchev–Trinajstić information content (AvgIpc) is 2.15. The Morgan fingerprint density at radius 2 is 2.30 bits per heavy atom. The number of carbonyl (C=O) groups is 1. The zero-order chi connectivity index (χ0) is 7.35. The van der Waals surface area contributed by atoms with Crippen molar-refractivity contribution >= 4 is 5.91 Å². The lowest BCUT2D eigenvalue weighted by Crippen LogP contribution is -2.54. The molecule has 2 N–H and O–H groups in total. The van der Waals surface area contributed by atoms with Crippen LogP contribution in [0.5, 0.6) is 0 Å². The summed E-state index contributed by atoms with van der Waals surface area (Å²) in [6.45, 7) is 1.06. The van der Waals surface area contributed by atoms with Crippen LogP contribution >= 0.6 is 0 Å². The summed E-state index contributed by atoms with van der Waals surface area (Å²) in [6.07, 6.45) is 2.00. The van der Waals surface area contributed by atoms with Crippen LogP contribution in [0.3, 0.4) is 0 Å². The van der Waals surface area contributed by atoms with E-state index in [2.05, 4.69) is 4.90 Å². The third-order valence-corrected chi connectivity index (χ3v) is 2.97. The zero-order valence-corrected chi connectivity index (χ0v) is 6.13. The largest absolute Gasteiger partial charge is 0.368 e. The molecule has 56 valence electrons. The van der Waals surface area contributed by atoms with Crippen LogP contribution in [0.15, 0.2) is 0 Å². The second kappa shape index (κ2) is 1.53. The van der Waals surface area contributed by atoms with E-state index in [1.54, 1.807) is 0 Å². The molecule has 3 heteroatoms. The summed E-state index contributed by atoms with van der Waals surface area (Å²) < 4.78 is 0. The Morgan fingerprint density at radius 1 is 1.70 bits per heavy atom. The predicted molar refractivity (Wildman–Crippen MR) is 37.3 cm³/mol. The first-order valence-electron chi connectivity index (χ1n) is 3.66. The number of nitrogens with zero attached hydrogens (tertiary/aromatic N) is 1. The highest BCUT2D eigenvalue weighted by Crippen LogP contribution is 2.49. The van der Waals surface area contributed by atoms with Crippen LogP contribution in [0, 0.1) is 5.92 Å². The maximum absolute atomic E-state index is 11.0. The Hall–Kier alpha value is -0.570. The minimum absolute atomic E-state index is 0.135. The molecule has 0 radical (unpaired) electrons. The first kappa shape index (κ1) is 6.16. The molecule has 3 fully saturated rings. The number of fused-ring (bicyclic) bond motifs is 1. The Morgan fingerprint density at radius 3 is 2.50 bits per heavy atom. The van der Waals surface area contributed by atoms with Crippen LogP contribution in [0.2, 0.25) is 0 Å². The van der Waals surface area contributed by atoms with Crippen molar-refractivity contribution in [2.24, 2.45) is 11.7 Å². The molecule has 1 aliphatic carbocycles. The van der Waals surface area contributed by atoms with Crippen molar-refractivity contribution in [2.45, 2.75) is 18.4 Å². The molecule has 2 saturated heterocycles. The number of amides is 1. The molecule has 0 aromatic heterocycles. The van der Waals surface area contributed by atoms with Crippen LogP contribution in [0.25, 0.3) is 0 Å². The summed E-state index contributed by atoms with van der Waals surface area (Å²) >= 11 is 0. The monoisotopic (exact) mass is 140 g/mol. The van der Waals surface area contributed by atoms with E-state index in [4.69, 9.17) is 5.73 Å². The highest BCUT2D eigenvalue weighted by molar-refractivity contribution is 5.86. The van der Waals surface area contributed by atoms with E-state index in [0.717, 1.165) is 25.3 Å². The summed E-state index contributed by atoms with van der Waals surface area (Å²) in [5.41, 5.74) is 5.05. The number of primary amides is 1. The number of carbonyl (C=O) groups excluding carboxylic acids is 1. The van der Waals surface area contributed by atoms with Gasteiger partial charge in [0.25, 0.3) is 0 Å². The van der Waals surface area contributed by atoms with E-state index in [9.17, 15) is 4.79 Å². The van der Waals surface area contributed by atoms with Gasteiger partial charge in [-0.3, -0.25) is 9.69 Å². The highest BCUT2D eigenvalue weighted by atomic mass is 16.1. The fourth-order valence-electron chi connectivity index (χ4n) is 2.29. The first-order valence-corrected chi connectivity index (χ1v) is 3.66. The summed E-state index contributed by atoms with van der Waals surface area (Å²) in [6, 6.07) is 0. The molecule has 2 bridgehead atoms. The van der Waals surface area contributed by atoms with E-state index < -0.39 is 0 Å². The predicted octanol–water partition coefficient (Wildman–Crippen LogP) is -0.434. The number of likely N-dealkylation sites (N-methyl/N-ethyl adjacent to an activating group) is 1. The van der Waals surface area contributed by atoms with Crippen molar-refractivity contribution in [1.82, 2.24) is 4.90 Å². The van der Waals surface area contributed by atoms with Crippen molar-refractivity contribution in [1.29, 1.82) is 0 Å². The molecule has 0 spiro atoms. The van der Waals surface area contributed by atoms with E-state index in [1.807, 2.05) is 7.05 Å². The Kier molecular flexibility index (Phi) is 0.944. The minimum Gasteiger partial charge on any atom is -0.368 e. The van der Waals surface area contributed by atoms with Gasteiger partial charge in [-0.25, -0.2) is 0 Å². The van der Waals surface area contributed by atoms with Gasteiger partial charge in [-0.05, 0) is 25.8 Å². The molecule has 3 nitrogen and oxygen atoms in total. The third-order valence-electron chi connectivity index (χ3n) is 2.97. The van der Waals surface area contributed by atoms with Crippen LogP contribution in [0.1, 0.15) is 12.8 Å². The number of hydrogen-bond acceptors (Lipinski definition) is 2. The van der Waals surface area contributed by atoms with Gasteiger partial charge >= 0.3 is 0 Å². The van der Waals surface area contributed by atoms with Crippen LogP contribution in [-0.4, -0.2) is 29.9 Å². The van der Waals surface area contributed by atoms with Crippen LogP contribution < -0.4 is 5.73 Å². The summed E-state index contributed by atoms with van der Waals surface area (Å²) in [5.74, 6) is 0.612. The van der Waals surface area contributed by atoms with Gasteiger partial charge in [0.15, 0.2) is 0 Å². The fourth-order valence-corrected chi connectivity index (χ4v) is 2.29. The molecular weight excluding hydrogens is 128 g/mol. The second-order valence-electron chi connectivity index (χ2n) is 3.55. The maximum Gasteiger partial charge on any atom is 0.237 e. The zero-order valence-electron chi connectivity index (χ0n) is 6.13. The Labute approximate surface area is 60.2 Å². The minimum atomic E-state index is -0.231. The molecular formula is C7H12N2O. The summed E-state index contributed by atoms with van der Waals surface area (Å²) in [7, 11) is 1.98. The molecule has 0 atom stereocenters. The van der Waals surface area contributed by atoms with Gasteiger partial charge in [-0.15, -0.1) is 0 Å². The summed E-state index contributed by atoms with van der Waals surface area (Å²) in [4.78, 5) is 13.0. The van der Waals surface area contributed by atoms with Crippen molar-refractivity contribution < 1.29 is 4.79 Å². The average molecular weight is 140 g/mol. The normalized spacial score (nSPS) is 45.1. The smallest absolute Gasteiger partial charge is 0.237 e.